The lowest BCUT2D eigenvalue weighted by Gasteiger charge is -2.22. The Balaban J connectivity index is 3.02. The predicted molar refractivity (Wildman–Crippen MR) is 63.7 cm³/mol. The molecule has 92 valence electrons. The highest BCUT2D eigenvalue weighted by molar-refractivity contribution is 6.65. The average molecular weight is 278 g/mol. The van der Waals surface area contributed by atoms with Crippen LogP contribution in [0.1, 0.15) is 13.8 Å². The number of carbonyl (C=O) groups excluding carboxylic acids is 1. The van der Waals surface area contributed by atoms with Crippen molar-refractivity contribution in [2.45, 2.75) is 19.4 Å². The van der Waals surface area contributed by atoms with Crippen molar-refractivity contribution in [3.05, 3.63) is 33.3 Å². The summed E-state index contributed by atoms with van der Waals surface area (Å²) in [6, 6.07) is 3.70. The van der Waals surface area contributed by atoms with Crippen molar-refractivity contribution in [2.75, 3.05) is 0 Å². The number of hydrogen-bond acceptors (Lipinski definition) is 4. The Bertz CT molecular complexity index is 473. The molecule has 0 heterocycles. The van der Waals surface area contributed by atoms with E-state index in [0.717, 1.165) is 6.07 Å². The van der Waals surface area contributed by atoms with E-state index in [0.29, 0.717) is 0 Å². The highest BCUT2D eigenvalue weighted by Gasteiger charge is 2.29. The number of non-ortho nitro benzene ring substituents is 1. The molecule has 0 aliphatic rings. The van der Waals surface area contributed by atoms with Crippen LogP contribution in [0.5, 0.6) is 5.75 Å². The van der Waals surface area contributed by atoms with Gasteiger partial charge in [-0.05, 0) is 31.5 Å². The van der Waals surface area contributed by atoms with E-state index >= 15 is 0 Å². The SMILES string of the molecule is CC(C)(Oc1ccc([N+](=O)[O-])cc1Cl)C(=O)Cl. The summed E-state index contributed by atoms with van der Waals surface area (Å²) in [6.45, 7) is 2.94. The molecule has 0 unspecified atom stereocenters. The number of carbonyl (C=O) groups is 1. The third kappa shape index (κ3) is 3.31. The zero-order valence-corrected chi connectivity index (χ0v) is 10.6. The summed E-state index contributed by atoms with van der Waals surface area (Å²) in [5, 5.41) is 9.85. The number of nitro benzene ring substituents is 1. The lowest BCUT2D eigenvalue weighted by atomic mass is 10.1. The Kier molecular flexibility index (Phi) is 3.95. The van der Waals surface area contributed by atoms with Crippen LogP contribution in [0.3, 0.4) is 0 Å². The van der Waals surface area contributed by atoms with Gasteiger partial charge >= 0.3 is 0 Å². The summed E-state index contributed by atoms with van der Waals surface area (Å²) >= 11 is 11.1. The molecule has 0 aliphatic carbocycles. The van der Waals surface area contributed by atoms with Gasteiger partial charge in [0.05, 0.1) is 9.95 Å². The average Bonchev–Trinajstić information content (AvgIpc) is 2.20. The first-order valence-electron chi connectivity index (χ1n) is 4.57. The number of nitrogens with zero attached hydrogens (tertiary/aromatic N) is 1. The second-order valence-electron chi connectivity index (χ2n) is 3.76. The Morgan fingerprint density at radius 1 is 1.47 bits per heavy atom. The minimum atomic E-state index is -1.25. The van der Waals surface area contributed by atoms with Crippen molar-refractivity contribution >= 4 is 34.1 Å². The van der Waals surface area contributed by atoms with Crippen molar-refractivity contribution < 1.29 is 14.5 Å². The maximum Gasteiger partial charge on any atom is 0.271 e. The molecule has 1 aromatic rings. The van der Waals surface area contributed by atoms with Gasteiger partial charge in [-0.25, -0.2) is 0 Å². The molecule has 0 radical (unpaired) electrons. The lowest BCUT2D eigenvalue weighted by Crippen LogP contribution is -2.35. The molecule has 1 aromatic carbocycles. The summed E-state index contributed by atoms with van der Waals surface area (Å²) in [5.74, 6) is 0.163. The first-order chi connectivity index (χ1) is 7.74. The van der Waals surface area contributed by atoms with Gasteiger partial charge in [0.25, 0.3) is 10.9 Å². The smallest absolute Gasteiger partial charge is 0.271 e. The Morgan fingerprint density at radius 2 is 2.06 bits per heavy atom. The molecule has 17 heavy (non-hydrogen) atoms. The van der Waals surface area contributed by atoms with E-state index < -0.39 is 15.8 Å². The molecular weight excluding hydrogens is 269 g/mol. The van der Waals surface area contributed by atoms with Gasteiger partial charge in [0.1, 0.15) is 5.75 Å². The van der Waals surface area contributed by atoms with Crippen molar-refractivity contribution in [3.63, 3.8) is 0 Å². The maximum absolute atomic E-state index is 11.0. The largest absolute Gasteiger partial charge is 0.477 e. The van der Waals surface area contributed by atoms with Gasteiger partial charge in [0.15, 0.2) is 5.60 Å². The van der Waals surface area contributed by atoms with Crippen molar-refractivity contribution in [3.8, 4) is 5.75 Å². The fourth-order valence-electron chi connectivity index (χ4n) is 1.00. The van der Waals surface area contributed by atoms with Gasteiger partial charge in [0, 0.05) is 12.1 Å². The summed E-state index contributed by atoms with van der Waals surface area (Å²) in [4.78, 5) is 21.0. The molecule has 0 spiro atoms. The third-order valence-corrected chi connectivity index (χ3v) is 2.72. The van der Waals surface area contributed by atoms with E-state index in [4.69, 9.17) is 27.9 Å². The Labute approximate surface area is 107 Å². The number of rotatable bonds is 4. The highest BCUT2D eigenvalue weighted by Crippen LogP contribution is 2.31. The molecule has 5 nitrogen and oxygen atoms in total. The molecule has 0 saturated heterocycles. The van der Waals surface area contributed by atoms with E-state index in [2.05, 4.69) is 0 Å². The molecule has 0 bridgehead atoms. The minimum absolute atomic E-state index is 0.0465. The van der Waals surface area contributed by atoms with Crippen LogP contribution in [0.4, 0.5) is 5.69 Å². The fraction of sp³-hybridized carbons (Fsp3) is 0.300. The van der Waals surface area contributed by atoms with Crippen molar-refractivity contribution in [2.24, 2.45) is 0 Å². The first kappa shape index (κ1) is 13.7. The third-order valence-electron chi connectivity index (χ3n) is 1.96. The zero-order chi connectivity index (χ0) is 13.2. The van der Waals surface area contributed by atoms with Crippen molar-refractivity contribution in [1.29, 1.82) is 0 Å². The van der Waals surface area contributed by atoms with Gasteiger partial charge in [-0.3, -0.25) is 14.9 Å². The second-order valence-corrected chi connectivity index (χ2v) is 4.51. The van der Waals surface area contributed by atoms with Crippen LogP contribution in [-0.2, 0) is 4.79 Å². The molecule has 0 aromatic heterocycles. The molecular formula is C10H9Cl2NO4. The molecule has 0 N–H and O–H groups in total. The summed E-state index contributed by atoms with van der Waals surface area (Å²) in [7, 11) is 0. The maximum atomic E-state index is 11.0. The topological polar surface area (TPSA) is 69.4 Å². The molecule has 1 rings (SSSR count). The van der Waals surface area contributed by atoms with Crippen LogP contribution in [0.15, 0.2) is 18.2 Å². The Hall–Kier alpha value is -1.33. The van der Waals surface area contributed by atoms with Crippen LogP contribution in [0.25, 0.3) is 0 Å². The van der Waals surface area contributed by atoms with Crippen LogP contribution in [0, 0.1) is 10.1 Å². The van der Waals surface area contributed by atoms with Gasteiger partial charge in [-0.2, -0.15) is 0 Å². The second kappa shape index (κ2) is 4.89. The molecule has 7 heteroatoms. The van der Waals surface area contributed by atoms with Crippen LogP contribution < -0.4 is 4.74 Å². The van der Waals surface area contributed by atoms with Crippen LogP contribution in [0.2, 0.25) is 5.02 Å². The summed E-state index contributed by atoms with van der Waals surface area (Å²) in [6.07, 6.45) is 0. The number of ether oxygens (including phenoxy) is 1. The molecule has 0 fully saturated rings. The summed E-state index contributed by atoms with van der Waals surface area (Å²) in [5.41, 5.74) is -1.40. The van der Waals surface area contributed by atoms with Gasteiger partial charge in [-0.1, -0.05) is 11.6 Å². The standard InChI is InChI=1S/C10H9Cl2NO4/c1-10(2,9(12)14)17-8-4-3-6(13(15)16)5-7(8)11/h3-5H,1-2H3. The minimum Gasteiger partial charge on any atom is -0.477 e. The van der Waals surface area contributed by atoms with Gasteiger partial charge in [0.2, 0.25) is 0 Å². The lowest BCUT2D eigenvalue weighted by molar-refractivity contribution is -0.384. The van der Waals surface area contributed by atoms with Crippen LogP contribution >= 0.6 is 23.2 Å². The quantitative estimate of drug-likeness (QED) is 0.482. The first-order valence-corrected chi connectivity index (χ1v) is 5.32. The molecule has 0 amide bonds. The Morgan fingerprint density at radius 3 is 2.47 bits per heavy atom. The fourth-order valence-corrected chi connectivity index (χ4v) is 1.25. The number of benzene rings is 1. The van der Waals surface area contributed by atoms with Crippen molar-refractivity contribution in [1.82, 2.24) is 0 Å². The van der Waals surface area contributed by atoms with Crippen LogP contribution in [-0.4, -0.2) is 15.8 Å². The van der Waals surface area contributed by atoms with Gasteiger partial charge < -0.3 is 4.74 Å². The van der Waals surface area contributed by atoms with Gasteiger partial charge in [-0.15, -0.1) is 0 Å². The summed E-state index contributed by atoms with van der Waals surface area (Å²) < 4.78 is 5.29. The van der Waals surface area contributed by atoms with E-state index in [-0.39, 0.29) is 16.5 Å². The molecule has 0 saturated carbocycles. The number of hydrogen-bond donors (Lipinski definition) is 0. The van der Waals surface area contributed by atoms with E-state index in [1.807, 2.05) is 0 Å². The van der Waals surface area contributed by atoms with E-state index in [1.165, 1.54) is 26.0 Å². The highest BCUT2D eigenvalue weighted by atomic mass is 35.5. The van der Waals surface area contributed by atoms with E-state index in [9.17, 15) is 14.9 Å². The number of nitro groups is 1. The zero-order valence-electron chi connectivity index (χ0n) is 9.07. The predicted octanol–water partition coefficient (Wildman–Crippen LogP) is 3.17. The normalized spacial score (nSPS) is 11.1. The number of halogens is 2. The monoisotopic (exact) mass is 277 g/mol. The van der Waals surface area contributed by atoms with E-state index in [1.54, 1.807) is 0 Å². The molecule has 0 aliphatic heterocycles. The molecule has 0 atom stereocenters.